The summed E-state index contributed by atoms with van der Waals surface area (Å²) in [6.07, 6.45) is 0. The number of nitrogens with zero attached hydrogens (tertiary/aromatic N) is 4. The zero-order chi connectivity index (χ0) is 21.6. The number of halogens is 1. The Labute approximate surface area is 166 Å². The van der Waals surface area contributed by atoms with E-state index in [9.17, 15) is 14.0 Å². The summed E-state index contributed by atoms with van der Waals surface area (Å²) in [7, 11) is 2.44. The highest BCUT2D eigenvalue weighted by atomic mass is 19.1. The van der Waals surface area contributed by atoms with Gasteiger partial charge in [0.15, 0.2) is 0 Å². The van der Waals surface area contributed by atoms with Crippen LogP contribution < -0.4 is 4.84 Å². The molecule has 0 aliphatic rings. The summed E-state index contributed by atoms with van der Waals surface area (Å²) in [6, 6.07) is 5.52. The summed E-state index contributed by atoms with van der Waals surface area (Å²) in [5, 5.41) is 7.82. The van der Waals surface area contributed by atoms with Crippen LogP contribution >= 0.6 is 0 Å². The van der Waals surface area contributed by atoms with Crippen LogP contribution in [0.1, 0.15) is 34.4 Å². The first-order chi connectivity index (χ1) is 13.8. The smallest absolute Gasteiger partial charge is 0.379 e. The van der Waals surface area contributed by atoms with Gasteiger partial charge in [-0.3, -0.25) is 4.79 Å². The zero-order valence-corrected chi connectivity index (χ0v) is 16.5. The van der Waals surface area contributed by atoms with Crippen LogP contribution in [0.5, 0.6) is 5.88 Å². The van der Waals surface area contributed by atoms with Gasteiger partial charge in [-0.15, -0.1) is 0 Å². The molecule has 0 fully saturated rings. The van der Waals surface area contributed by atoms with Gasteiger partial charge in [0.05, 0.1) is 12.8 Å². The molecule has 0 unspecified atom stereocenters. The molecule has 0 bridgehead atoms. The van der Waals surface area contributed by atoms with E-state index in [-0.39, 0.29) is 28.6 Å². The number of aromatic nitrogens is 2. The van der Waals surface area contributed by atoms with Crippen molar-refractivity contribution in [2.75, 3.05) is 14.2 Å². The van der Waals surface area contributed by atoms with Gasteiger partial charge >= 0.3 is 5.97 Å². The predicted molar refractivity (Wildman–Crippen MR) is 102 cm³/mol. The van der Waals surface area contributed by atoms with Crippen LogP contribution in [0.4, 0.5) is 4.39 Å². The quantitative estimate of drug-likeness (QED) is 0.230. The third kappa shape index (κ3) is 5.18. The monoisotopic (exact) mass is 402 g/mol. The van der Waals surface area contributed by atoms with Crippen LogP contribution in [0.25, 0.3) is 0 Å². The van der Waals surface area contributed by atoms with Gasteiger partial charge in [-0.1, -0.05) is 10.3 Å². The number of carbonyl (C=O) groups excluding carboxylic acids is 2. The SMILES string of the molecule is CO/N=C(/C(C)=N/Oc1nc(C)nc(C)c1C(=O)C(=O)OC)c1ccc(F)cc1. The molecule has 29 heavy (non-hydrogen) atoms. The highest BCUT2D eigenvalue weighted by Crippen LogP contribution is 2.20. The fourth-order valence-electron chi connectivity index (χ4n) is 2.39. The Bertz CT molecular complexity index is 987. The van der Waals surface area contributed by atoms with Crippen LogP contribution in [0.3, 0.4) is 0 Å². The van der Waals surface area contributed by atoms with E-state index in [0.29, 0.717) is 11.4 Å². The van der Waals surface area contributed by atoms with Crippen LogP contribution in [0, 0.1) is 19.7 Å². The van der Waals surface area contributed by atoms with Gasteiger partial charge in [-0.2, -0.15) is 4.98 Å². The number of oxime groups is 2. The third-order valence-corrected chi connectivity index (χ3v) is 3.68. The lowest BCUT2D eigenvalue weighted by Gasteiger charge is -2.09. The van der Waals surface area contributed by atoms with Crippen molar-refractivity contribution >= 4 is 23.2 Å². The lowest BCUT2D eigenvalue weighted by molar-refractivity contribution is -0.135. The number of Topliss-reactive ketones (excluding diaryl/α,β-unsaturated/α-hetero) is 1. The van der Waals surface area contributed by atoms with E-state index in [1.54, 1.807) is 13.8 Å². The number of carbonyl (C=O) groups is 2. The number of hydrogen-bond donors (Lipinski definition) is 0. The molecule has 152 valence electrons. The minimum atomic E-state index is -1.08. The molecule has 0 aliphatic carbocycles. The van der Waals surface area contributed by atoms with Crippen molar-refractivity contribution in [3.63, 3.8) is 0 Å². The Morgan fingerprint density at radius 1 is 1.03 bits per heavy atom. The first-order valence-corrected chi connectivity index (χ1v) is 8.35. The number of rotatable bonds is 7. The van der Waals surface area contributed by atoms with Crippen molar-refractivity contribution in [3.05, 3.63) is 52.7 Å². The fraction of sp³-hybridized carbons (Fsp3) is 0.263. The van der Waals surface area contributed by atoms with E-state index in [4.69, 9.17) is 9.68 Å². The number of esters is 1. The van der Waals surface area contributed by atoms with Gasteiger partial charge in [0, 0.05) is 5.56 Å². The van der Waals surface area contributed by atoms with Gasteiger partial charge < -0.3 is 14.4 Å². The number of ether oxygens (including phenoxy) is 1. The summed E-state index contributed by atoms with van der Waals surface area (Å²) in [6.45, 7) is 4.70. The largest absolute Gasteiger partial charge is 0.463 e. The van der Waals surface area contributed by atoms with Crippen LogP contribution in [-0.4, -0.2) is 47.4 Å². The van der Waals surface area contributed by atoms with E-state index in [0.717, 1.165) is 7.11 Å². The molecule has 0 aliphatic heterocycles. The second kappa shape index (κ2) is 9.49. The van der Waals surface area contributed by atoms with E-state index < -0.39 is 17.6 Å². The molecule has 1 heterocycles. The minimum Gasteiger partial charge on any atom is -0.463 e. The fourth-order valence-corrected chi connectivity index (χ4v) is 2.39. The summed E-state index contributed by atoms with van der Waals surface area (Å²) >= 11 is 0. The van der Waals surface area contributed by atoms with Crippen LogP contribution in [0.15, 0.2) is 34.6 Å². The molecule has 9 nitrogen and oxygen atoms in total. The molecular formula is C19H19FN4O5. The Kier molecular flexibility index (Phi) is 7.07. The summed E-state index contributed by atoms with van der Waals surface area (Å²) in [4.78, 5) is 42.2. The van der Waals surface area contributed by atoms with Gasteiger partial charge in [-0.25, -0.2) is 14.2 Å². The second-order valence-electron chi connectivity index (χ2n) is 5.75. The zero-order valence-electron chi connectivity index (χ0n) is 16.5. The minimum absolute atomic E-state index is 0.161. The summed E-state index contributed by atoms with van der Waals surface area (Å²) in [5.41, 5.74) is 1.13. The highest BCUT2D eigenvalue weighted by molar-refractivity contribution is 6.47. The van der Waals surface area contributed by atoms with E-state index >= 15 is 0 Å². The summed E-state index contributed by atoms with van der Waals surface area (Å²) < 4.78 is 17.7. The molecule has 1 aromatic carbocycles. The maximum atomic E-state index is 13.2. The number of methoxy groups -OCH3 is 1. The Morgan fingerprint density at radius 3 is 2.28 bits per heavy atom. The van der Waals surface area contributed by atoms with Crippen LogP contribution in [0.2, 0.25) is 0 Å². The number of benzene rings is 1. The molecule has 0 spiro atoms. The Balaban J connectivity index is 2.43. The van der Waals surface area contributed by atoms with Crippen LogP contribution in [-0.2, 0) is 14.4 Å². The van der Waals surface area contributed by atoms with Crippen molar-refractivity contribution in [3.8, 4) is 5.88 Å². The lowest BCUT2D eigenvalue weighted by Crippen LogP contribution is -2.20. The first kappa shape index (κ1) is 21.6. The molecule has 0 amide bonds. The second-order valence-corrected chi connectivity index (χ2v) is 5.75. The lowest BCUT2D eigenvalue weighted by atomic mass is 10.1. The van der Waals surface area contributed by atoms with E-state index in [1.807, 2.05) is 0 Å². The topological polar surface area (TPSA) is 112 Å². The molecule has 10 heteroatoms. The third-order valence-electron chi connectivity index (χ3n) is 3.68. The van der Waals surface area contributed by atoms with Gasteiger partial charge in [0.1, 0.15) is 35.7 Å². The molecule has 0 saturated heterocycles. The molecular weight excluding hydrogens is 383 g/mol. The molecule has 0 atom stereocenters. The maximum Gasteiger partial charge on any atom is 0.379 e. The highest BCUT2D eigenvalue weighted by Gasteiger charge is 2.26. The van der Waals surface area contributed by atoms with Crippen molar-refractivity contribution < 1.29 is 28.4 Å². The molecule has 2 rings (SSSR count). The van der Waals surface area contributed by atoms with E-state index in [2.05, 4.69) is 25.0 Å². The van der Waals surface area contributed by atoms with E-state index in [1.165, 1.54) is 38.3 Å². The molecule has 1 aromatic heterocycles. The Hall–Kier alpha value is -3.69. The van der Waals surface area contributed by atoms with Crippen molar-refractivity contribution in [2.24, 2.45) is 10.3 Å². The normalized spacial score (nSPS) is 11.8. The maximum absolute atomic E-state index is 13.2. The standard InChI is InChI=1S/C19H19FN4O5/c1-10-15(17(25)19(26)27-4)18(22-12(3)21-10)29-23-11(2)16(24-28-5)13-6-8-14(20)9-7-13/h6-9H,1-5H3/b23-11+,24-16-. The molecule has 0 N–H and O–H groups in total. The number of hydrogen-bond acceptors (Lipinski definition) is 9. The van der Waals surface area contributed by atoms with Crippen molar-refractivity contribution in [1.82, 2.24) is 9.97 Å². The summed E-state index contributed by atoms with van der Waals surface area (Å²) in [5.74, 6) is -2.35. The van der Waals surface area contributed by atoms with Gasteiger partial charge in [-0.05, 0) is 45.0 Å². The number of aryl methyl sites for hydroxylation is 2. The average molecular weight is 402 g/mol. The Morgan fingerprint density at radius 2 is 1.69 bits per heavy atom. The predicted octanol–water partition coefficient (Wildman–Crippen LogP) is 2.39. The first-order valence-electron chi connectivity index (χ1n) is 8.35. The molecule has 0 saturated carbocycles. The van der Waals surface area contributed by atoms with Gasteiger partial charge in [0.2, 0.25) is 0 Å². The van der Waals surface area contributed by atoms with Crippen molar-refractivity contribution in [2.45, 2.75) is 20.8 Å². The van der Waals surface area contributed by atoms with Gasteiger partial charge in [0.25, 0.3) is 11.7 Å². The molecule has 0 radical (unpaired) electrons. The average Bonchev–Trinajstić information content (AvgIpc) is 2.69. The number of ketones is 1. The molecule has 2 aromatic rings. The van der Waals surface area contributed by atoms with Crippen molar-refractivity contribution in [1.29, 1.82) is 0 Å².